The second-order valence-corrected chi connectivity index (χ2v) is 8.14. The van der Waals surface area contributed by atoms with Gasteiger partial charge in [-0.3, -0.25) is 4.79 Å². The van der Waals surface area contributed by atoms with Gasteiger partial charge in [-0.05, 0) is 43.3 Å². The molecule has 0 aliphatic carbocycles. The Bertz CT molecular complexity index is 1060. The molecule has 8 heteroatoms. The number of piperazine rings is 1. The van der Waals surface area contributed by atoms with Crippen LogP contribution < -0.4 is 4.90 Å². The second kappa shape index (κ2) is 8.27. The zero-order chi connectivity index (χ0) is 20.5. The maximum absolute atomic E-state index is 13.2. The summed E-state index contributed by atoms with van der Waals surface area (Å²) in [6, 6.07) is 14.7. The number of anilines is 1. The Kier molecular flexibility index (Phi) is 5.72. The lowest BCUT2D eigenvalue weighted by molar-refractivity contribution is 0.0737. The number of halogens is 3. The Morgan fingerprint density at radius 2 is 1.69 bits per heavy atom. The fraction of sp³-hybridized carbons (Fsp3) is 0.238. The summed E-state index contributed by atoms with van der Waals surface area (Å²) in [6.07, 6.45) is 0. The number of nitrogens with zero attached hydrogens (tertiary/aromatic N) is 4. The highest BCUT2D eigenvalue weighted by Gasteiger charge is 2.26. The number of aromatic nitrogens is 2. The van der Waals surface area contributed by atoms with Gasteiger partial charge in [0, 0.05) is 31.2 Å². The fourth-order valence-corrected chi connectivity index (χ4v) is 4.11. The summed E-state index contributed by atoms with van der Waals surface area (Å²) in [4.78, 5) is 17.2. The molecule has 5 nitrogen and oxygen atoms in total. The van der Waals surface area contributed by atoms with Gasteiger partial charge in [0.2, 0.25) is 0 Å². The largest absolute Gasteiger partial charge is 0.367 e. The van der Waals surface area contributed by atoms with E-state index < -0.39 is 0 Å². The molecule has 0 atom stereocenters. The average Bonchev–Trinajstić information content (AvgIpc) is 3.11. The van der Waals surface area contributed by atoms with Crippen LogP contribution in [0.5, 0.6) is 0 Å². The predicted octanol–water partition coefficient (Wildman–Crippen LogP) is 5.10. The van der Waals surface area contributed by atoms with Crippen LogP contribution in [0.2, 0.25) is 15.1 Å². The molecule has 1 aromatic heterocycles. The Morgan fingerprint density at radius 1 is 0.966 bits per heavy atom. The van der Waals surface area contributed by atoms with Crippen LogP contribution in [0.1, 0.15) is 16.2 Å². The number of carbonyl (C=O) groups excluding carboxylic acids is 1. The minimum absolute atomic E-state index is 0.0533. The van der Waals surface area contributed by atoms with Gasteiger partial charge in [-0.1, -0.05) is 46.9 Å². The average molecular weight is 450 g/mol. The van der Waals surface area contributed by atoms with E-state index in [1.165, 1.54) is 0 Å². The standard InChI is InChI=1S/C21H19Cl3N4O/c1-14-12-19(28(25-14)16-5-2-4-15(22)13-16)21(29)27-10-8-26(9-11-27)18-7-3-6-17(23)20(18)24/h2-7,12-13H,8-11H2,1H3. The lowest BCUT2D eigenvalue weighted by Gasteiger charge is -2.36. The lowest BCUT2D eigenvalue weighted by atomic mass is 10.2. The first-order valence-corrected chi connectivity index (χ1v) is 10.4. The van der Waals surface area contributed by atoms with Crippen molar-refractivity contribution in [1.82, 2.24) is 14.7 Å². The van der Waals surface area contributed by atoms with E-state index >= 15 is 0 Å². The quantitative estimate of drug-likeness (QED) is 0.558. The van der Waals surface area contributed by atoms with E-state index in [9.17, 15) is 4.79 Å². The first kappa shape index (κ1) is 20.1. The molecule has 2 heterocycles. The van der Waals surface area contributed by atoms with Crippen molar-refractivity contribution >= 4 is 46.4 Å². The molecule has 29 heavy (non-hydrogen) atoms. The van der Waals surface area contributed by atoms with Gasteiger partial charge in [0.05, 0.1) is 27.1 Å². The van der Waals surface area contributed by atoms with E-state index in [1.807, 2.05) is 42.2 Å². The normalized spacial score (nSPS) is 14.3. The van der Waals surface area contributed by atoms with Gasteiger partial charge in [-0.15, -0.1) is 0 Å². The van der Waals surface area contributed by atoms with Crippen LogP contribution in [0, 0.1) is 6.92 Å². The molecule has 1 saturated heterocycles. The van der Waals surface area contributed by atoms with Gasteiger partial charge in [-0.2, -0.15) is 5.10 Å². The SMILES string of the molecule is Cc1cc(C(=O)N2CCN(c3cccc(Cl)c3Cl)CC2)n(-c2cccc(Cl)c2)n1. The predicted molar refractivity (Wildman–Crippen MR) is 118 cm³/mol. The molecule has 0 spiro atoms. The first-order chi connectivity index (χ1) is 13.9. The maximum atomic E-state index is 13.2. The third-order valence-electron chi connectivity index (χ3n) is 4.94. The van der Waals surface area contributed by atoms with Crippen molar-refractivity contribution in [2.45, 2.75) is 6.92 Å². The number of rotatable bonds is 3. The van der Waals surface area contributed by atoms with Crippen LogP contribution in [0.4, 0.5) is 5.69 Å². The van der Waals surface area contributed by atoms with Crippen molar-refractivity contribution in [3.63, 3.8) is 0 Å². The fourth-order valence-electron chi connectivity index (χ4n) is 3.51. The minimum Gasteiger partial charge on any atom is -0.367 e. The van der Waals surface area contributed by atoms with E-state index in [0.29, 0.717) is 46.9 Å². The Balaban J connectivity index is 1.53. The highest BCUT2D eigenvalue weighted by molar-refractivity contribution is 6.43. The lowest BCUT2D eigenvalue weighted by Crippen LogP contribution is -2.49. The number of benzene rings is 2. The topological polar surface area (TPSA) is 41.4 Å². The summed E-state index contributed by atoms with van der Waals surface area (Å²) >= 11 is 18.6. The zero-order valence-electron chi connectivity index (χ0n) is 15.8. The molecule has 2 aromatic carbocycles. The maximum Gasteiger partial charge on any atom is 0.272 e. The molecule has 4 rings (SSSR count). The van der Waals surface area contributed by atoms with Gasteiger partial charge in [-0.25, -0.2) is 4.68 Å². The van der Waals surface area contributed by atoms with E-state index in [4.69, 9.17) is 34.8 Å². The van der Waals surface area contributed by atoms with Gasteiger partial charge in [0.15, 0.2) is 0 Å². The molecular weight excluding hydrogens is 431 g/mol. The summed E-state index contributed by atoms with van der Waals surface area (Å²) in [7, 11) is 0. The third kappa shape index (κ3) is 4.08. The summed E-state index contributed by atoms with van der Waals surface area (Å²) in [5, 5.41) is 6.16. The molecule has 3 aromatic rings. The van der Waals surface area contributed by atoms with Crippen molar-refractivity contribution in [2.24, 2.45) is 0 Å². The molecule has 0 N–H and O–H groups in total. The monoisotopic (exact) mass is 448 g/mol. The van der Waals surface area contributed by atoms with Crippen molar-refractivity contribution in [2.75, 3.05) is 31.1 Å². The summed E-state index contributed by atoms with van der Waals surface area (Å²) in [6.45, 7) is 4.39. The Labute approximate surface area is 184 Å². The van der Waals surface area contributed by atoms with Crippen molar-refractivity contribution in [3.05, 3.63) is 75.0 Å². The molecule has 1 aliphatic rings. The van der Waals surface area contributed by atoms with Crippen LogP contribution in [-0.4, -0.2) is 46.8 Å². The van der Waals surface area contributed by atoms with Gasteiger partial charge >= 0.3 is 0 Å². The highest BCUT2D eigenvalue weighted by Crippen LogP contribution is 2.33. The molecule has 1 fully saturated rings. The number of amides is 1. The molecule has 0 bridgehead atoms. The zero-order valence-corrected chi connectivity index (χ0v) is 18.0. The molecule has 0 unspecified atom stereocenters. The highest BCUT2D eigenvalue weighted by atomic mass is 35.5. The number of carbonyl (C=O) groups is 1. The van der Waals surface area contributed by atoms with Crippen LogP contribution >= 0.6 is 34.8 Å². The Hall–Kier alpha value is -2.21. The molecule has 1 amide bonds. The van der Waals surface area contributed by atoms with Crippen LogP contribution in [0.25, 0.3) is 5.69 Å². The second-order valence-electron chi connectivity index (χ2n) is 6.91. The van der Waals surface area contributed by atoms with Gasteiger partial charge in [0.1, 0.15) is 5.69 Å². The van der Waals surface area contributed by atoms with Crippen LogP contribution in [0.15, 0.2) is 48.5 Å². The smallest absolute Gasteiger partial charge is 0.272 e. The van der Waals surface area contributed by atoms with Crippen molar-refractivity contribution in [1.29, 1.82) is 0 Å². The van der Waals surface area contributed by atoms with Crippen LogP contribution in [-0.2, 0) is 0 Å². The molecule has 0 radical (unpaired) electrons. The van der Waals surface area contributed by atoms with E-state index in [-0.39, 0.29) is 5.91 Å². The summed E-state index contributed by atoms with van der Waals surface area (Å²) in [5.74, 6) is -0.0533. The molecule has 150 valence electrons. The van der Waals surface area contributed by atoms with Crippen molar-refractivity contribution < 1.29 is 4.79 Å². The van der Waals surface area contributed by atoms with Crippen molar-refractivity contribution in [3.8, 4) is 5.69 Å². The van der Waals surface area contributed by atoms with Crippen LogP contribution in [0.3, 0.4) is 0 Å². The van der Waals surface area contributed by atoms with E-state index in [2.05, 4.69) is 10.00 Å². The first-order valence-electron chi connectivity index (χ1n) is 9.25. The summed E-state index contributed by atoms with van der Waals surface area (Å²) in [5.41, 5.74) is 2.96. The van der Waals surface area contributed by atoms with Gasteiger partial charge < -0.3 is 9.80 Å². The molecular formula is C21H19Cl3N4O. The third-order valence-corrected chi connectivity index (χ3v) is 5.99. The minimum atomic E-state index is -0.0533. The van der Waals surface area contributed by atoms with E-state index in [1.54, 1.807) is 22.9 Å². The summed E-state index contributed by atoms with van der Waals surface area (Å²) < 4.78 is 1.66. The van der Waals surface area contributed by atoms with Gasteiger partial charge in [0.25, 0.3) is 5.91 Å². The number of aryl methyl sites for hydroxylation is 1. The Morgan fingerprint density at radius 3 is 2.41 bits per heavy atom. The number of hydrogen-bond donors (Lipinski definition) is 0. The molecule has 0 saturated carbocycles. The number of hydrogen-bond acceptors (Lipinski definition) is 3. The van der Waals surface area contributed by atoms with E-state index in [0.717, 1.165) is 17.1 Å². The molecule has 1 aliphatic heterocycles.